The maximum atomic E-state index is 16.9. The van der Waals surface area contributed by atoms with Crippen LogP contribution in [-0.4, -0.2) is 72.6 Å². The molecular formula is C31H28F6N6O2S. The molecule has 2 aromatic heterocycles. The first-order valence-electron chi connectivity index (χ1n) is 14.8. The van der Waals surface area contributed by atoms with Crippen molar-refractivity contribution in [3.63, 3.8) is 0 Å². The number of nitrogens with zero attached hydrogens (tertiary/aromatic N) is 5. The van der Waals surface area contributed by atoms with Gasteiger partial charge in [-0.1, -0.05) is 6.07 Å². The second kappa shape index (κ2) is 11.1. The first kappa shape index (κ1) is 30.8. The molecule has 2 aromatic carbocycles. The molecule has 4 aromatic rings. The Balaban J connectivity index is 1.45. The minimum Gasteiger partial charge on any atom is -0.461 e. The number of aromatic nitrogens is 2. The summed E-state index contributed by atoms with van der Waals surface area (Å²) < 4.78 is 102. The quantitative estimate of drug-likeness (QED) is 0.226. The van der Waals surface area contributed by atoms with Gasteiger partial charge in [0.25, 0.3) is 0 Å². The van der Waals surface area contributed by atoms with Gasteiger partial charge in [-0.3, -0.25) is 4.90 Å². The largest absolute Gasteiger partial charge is 0.461 e. The molecule has 5 heterocycles. The van der Waals surface area contributed by atoms with Crippen LogP contribution in [0.5, 0.6) is 6.01 Å². The number of benzene rings is 2. The monoisotopic (exact) mass is 662 g/mol. The summed E-state index contributed by atoms with van der Waals surface area (Å²) in [7, 11) is 1.50. The number of rotatable bonds is 7. The highest BCUT2D eigenvalue weighted by molar-refractivity contribution is 7.23. The van der Waals surface area contributed by atoms with Crippen molar-refractivity contribution >= 4 is 43.1 Å². The minimum absolute atomic E-state index is 0.0211. The van der Waals surface area contributed by atoms with Gasteiger partial charge in [-0.15, -0.1) is 11.3 Å². The average molecular weight is 663 g/mol. The first-order chi connectivity index (χ1) is 22.0. The molecule has 0 bridgehead atoms. The van der Waals surface area contributed by atoms with Crippen molar-refractivity contribution in [2.45, 2.75) is 49.6 Å². The van der Waals surface area contributed by atoms with Crippen molar-refractivity contribution in [1.82, 2.24) is 14.9 Å². The molecule has 3 saturated heterocycles. The average Bonchev–Trinajstić information content (AvgIpc) is 3.64. The van der Waals surface area contributed by atoms with Gasteiger partial charge in [-0.05, 0) is 43.5 Å². The zero-order valence-corrected chi connectivity index (χ0v) is 25.4. The molecule has 0 saturated carbocycles. The highest BCUT2D eigenvalue weighted by Crippen LogP contribution is 2.48. The molecule has 0 unspecified atom stereocenters. The summed E-state index contributed by atoms with van der Waals surface area (Å²) in [6.07, 6.45) is -3.62. The number of nitrogen functional groups attached to an aromatic ring is 1. The van der Waals surface area contributed by atoms with E-state index in [1.165, 1.54) is 7.11 Å². The SMILES string of the molecule is COC[C@H]1CCN1c1nc(OC[C@@]23CCCN2C[C@H](F)C3)nc2c(F)c(-c3ccc(F)c4sc(N)c(C#N)c34)c(C(F)(F)F)cc12. The first-order valence-corrected chi connectivity index (χ1v) is 15.6. The third-order valence-electron chi connectivity index (χ3n) is 9.40. The molecule has 7 rings (SSSR count). The number of hydrogen-bond donors (Lipinski definition) is 1. The lowest BCUT2D eigenvalue weighted by molar-refractivity contribution is -0.137. The number of methoxy groups -OCH3 is 1. The Labute approximate surface area is 263 Å². The van der Waals surface area contributed by atoms with Gasteiger partial charge in [-0.25, -0.2) is 13.2 Å². The van der Waals surface area contributed by atoms with Crippen LogP contribution in [0.15, 0.2) is 18.2 Å². The zero-order valence-electron chi connectivity index (χ0n) is 24.6. The Bertz CT molecular complexity index is 1910. The third kappa shape index (κ3) is 4.80. The number of anilines is 2. The Morgan fingerprint density at radius 2 is 2.02 bits per heavy atom. The fourth-order valence-electron chi connectivity index (χ4n) is 7.20. The molecule has 8 nitrogen and oxygen atoms in total. The van der Waals surface area contributed by atoms with Gasteiger partial charge >= 0.3 is 12.2 Å². The normalized spacial score (nSPS) is 23.2. The van der Waals surface area contributed by atoms with Gasteiger partial charge in [0.2, 0.25) is 0 Å². The number of hydrogen-bond acceptors (Lipinski definition) is 9. The number of halogens is 6. The van der Waals surface area contributed by atoms with E-state index < -0.39 is 46.2 Å². The molecule has 46 heavy (non-hydrogen) atoms. The van der Waals surface area contributed by atoms with E-state index in [4.69, 9.17) is 15.2 Å². The number of fused-ring (bicyclic) bond motifs is 3. The summed E-state index contributed by atoms with van der Waals surface area (Å²) in [6.45, 7) is 1.69. The summed E-state index contributed by atoms with van der Waals surface area (Å²) in [5.74, 6) is -2.10. The summed E-state index contributed by atoms with van der Waals surface area (Å²) >= 11 is 0.693. The molecular weight excluding hydrogens is 634 g/mol. The number of alkyl halides is 4. The lowest BCUT2D eigenvalue weighted by Crippen LogP contribution is -2.51. The van der Waals surface area contributed by atoms with Crippen molar-refractivity contribution in [2.24, 2.45) is 0 Å². The van der Waals surface area contributed by atoms with Crippen LogP contribution in [0, 0.1) is 23.0 Å². The maximum Gasteiger partial charge on any atom is 0.417 e. The number of nitrogens with two attached hydrogens (primary N) is 1. The summed E-state index contributed by atoms with van der Waals surface area (Å²) in [5.41, 5.74) is 2.06. The molecule has 3 fully saturated rings. The standard InChI is InChI=1S/C31H28F6N6O2S/c1-44-13-16-5-8-43(16)28-18-9-20(31(35,36)37)23(17-3-4-21(33)26-22(17)19(11-38)27(39)46-26)24(34)25(18)40-29(41-28)45-14-30-6-2-7-42(30)12-15(32)10-30/h3-4,9,15-16H,2,5-8,10,12-14,39H2,1H3/t15-,16-,30+/m1/s1. The van der Waals surface area contributed by atoms with Crippen LogP contribution in [-0.2, 0) is 10.9 Å². The second-order valence-corrected chi connectivity index (χ2v) is 13.1. The van der Waals surface area contributed by atoms with Crippen LogP contribution in [0.25, 0.3) is 32.1 Å². The van der Waals surface area contributed by atoms with Crippen LogP contribution in [0.3, 0.4) is 0 Å². The van der Waals surface area contributed by atoms with E-state index in [0.717, 1.165) is 24.6 Å². The lowest BCUT2D eigenvalue weighted by atomic mass is 9.92. The molecule has 0 spiro atoms. The van der Waals surface area contributed by atoms with Gasteiger partial charge in [0.05, 0.1) is 34.0 Å². The van der Waals surface area contributed by atoms with E-state index in [2.05, 4.69) is 9.97 Å². The van der Waals surface area contributed by atoms with E-state index in [1.54, 1.807) is 4.90 Å². The molecule has 0 radical (unpaired) electrons. The van der Waals surface area contributed by atoms with Crippen LogP contribution < -0.4 is 15.4 Å². The predicted molar refractivity (Wildman–Crippen MR) is 161 cm³/mol. The smallest absolute Gasteiger partial charge is 0.417 e. The molecule has 2 N–H and O–H groups in total. The molecule has 242 valence electrons. The van der Waals surface area contributed by atoms with Gasteiger partial charge in [0.1, 0.15) is 41.0 Å². The van der Waals surface area contributed by atoms with Crippen LogP contribution >= 0.6 is 11.3 Å². The van der Waals surface area contributed by atoms with Gasteiger partial charge in [0, 0.05) is 43.0 Å². The van der Waals surface area contributed by atoms with Gasteiger partial charge in [0.15, 0.2) is 5.82 Å². The number of nitriles is 1. The minimum atomic E-state index is -5.07. The summed E-state index contributed by atoms with van der Waals surface area (Å²) in [4.78, 5) is 12.5. The fraction of sp³-hybridized carbons (Fsp3) is 0.452. The molecule has 0 aliphatic carbocycles. The highest BCUT2D eigenvalue weighted by Gasteiger charge is 2.49. The van der Waals surface area contributed by atoms with Crippen molar-refractivity contribution < 1.29 is 35.8 Å². The number of ether oxygens (including phenoxy) is 2. The molecule has 3 atom stereocenters. The summed E-state index contributed by atoms with van der Waals surface area (Å²) in [5, 5.41) is 9.24. The Hall–Kier alpha value is -3.87. The van der Waals surface area contributed by atoms with E-state index in [1.807, 2.05) is 11.0 Å². The molecule has 15 heteroatoms. The summed E-state index contributed by atoms with van der Waals surface area (Å²) in [6, 6.07) is 4.03. The predicted octanol–water partition coefficient (Wildman–Crippen LogP) is 6.44. The van der Waals surface area contributed by atoms with Crippen molar-refractivity contribution in [3.05, 3.63) is 41.0 Å². The topological polar surface area (TPSA) is 101 Å². The van der Waals surface area contributed by atoms with Crippen LogP contribution in [0.4, 0.5) is 37.2 Å². The van der Waals surface area contributed by atoms with Crippen molar-refractivity contribution in [1.29, 1.82) is 5.26 Å². The Morgan fingerprint density at radius 1 is 1.22 bits per heavy atom. The Kier molecular flexibility index (Phi) is 7.45. The van der Waals surface area contributed by atoms with Crippen LogP contribution in [0.1, 0.15) is 36.8 Å². The lowest BCUT2D eigenvalue weighted by Gasteiger charge is -2.42. The van der Waals surface area contributed by atoms with Crippen LogP contribution in [0.2, 0.25) is 0 Å². The Morgan fingerprint density at radius 3 is 2.72 bits per heavy atom. The van der Waals surface area contributed by atoms with E-state index in [0.29, 0.717) is 37.3 Å². The van der Waals surface area contributed by atoms with Gasteiger partial charge < -0.3 is 20.1 Å². The fourth-order valence-corrected chi connectivity index (χ4v) is 8.15. The van der Waals surface area contributed by atoms with E-state index >= 15 is 4.39 Å². The third-order valence-corrected chi connectivity index (χ3v) is 10.4. The van der Waals surface area contributed by atoms with Gasteiger partial charge in [-0.2, -0.15) is 28.4 Å². The van der Waals surface area contributed by atoms with Crippen molar-refractivity contribution in [3.8, 4) is 23.2 Å². The number of thiophene rings is 1. The zero-order chi connectivity index (χ0) is 32.5. The maximum absolute atomic E-state index is 16.9. The second-order valence-electron chi connectivity index (χ2n) is 12.0. The van der Waals surface area contributed by atoms with E-state index in [9.17, 15) is 27.2 Å². The van der Waals surface area contributed by atoms with E-state index in [-0.39, 0.29) is 75.6 Å². The molecule has 0 amide bonds. The highest BCUT2D eigenvalue weighted by atomic mass is 32.1. The molecule has 3 aliphatic heterocycles. The molecule has 3 aliphatic rings. The van der Waals surface area contributed by atoms with Crippen molar-refractivity contribution in [2.75, 3.05) is 50.6 Å².